The van der Waals surface area contributed by atoms with Gasteiger partial charge in [-0.3, -0.25) is 0 Å². The normalized spacial score (nSPS) is 11.3. The average molecular weight is 797 g/mol. The van der Waals surface area contributed by atoms with Crippen LogP contribution in [0.25, 0.3) is 68.0 Å². The van der Waals surface area contributed by atoms with Crippen LogP contribution in [0.4, 0.5) is 8.78 Å². The lowest BCUT2D eigenvalue weighted by Crippen LogP contribution is -2.23. The summed E-state index contributed by atoms with van der Waals surface area (Å²) in [6.07, 6.45) is 0. The molecule has 15 heteroatoms. The van der Waals surface area contributed by atoms with E-state index < -0.39 is 29.2 Å². The van der Waals surface area contributed by atoms with E-state index in [0.29, 0.717) is 11.5 Å². The number of carboxylic acids is 1. The standard InChI is InChI=1S/C23H21FN2O4.C19H13FN2O4.ClH/c1-12-6-7-13(2)19-16(12)11-18(28-19)20-25-21(30-26-20)15-9-8-14(10-17(15)24)22(27)29-23(3,4)5;1-9-3-4-10(2)16-13(9)8-15(25-16)17-21-18(26-22-17)12-6-5-11(19(23)24)7-14(12)20;/h6-11H,1-5H3;3-8H,1-2H3,(H,23,24);1H. The third-order valence-corrected chi connectivity index (χ3v) is 8.77. The SMILES string of the molecule is Cc1ccc(C)c2oc(-c3noc(-c4ccc(C(=O)O)cc4F)n3)cc12.Cc1ccc(C)c2oc(-c3noc(-c4ccc(C(=O)OC(C)(C)C)cc4F)n3)cc12.Cl. The van der Waals surface area contributed by atoms with Crippen molar-refractivity contribution in [3.05, 3.63) is 118 Å². The molecule has 292 valence electrons. The van der Waals surface area contributed by atoms with Gasteiger partial charge in [0.05, 0.1) is 22.3 Å². The third-order valence-electron chi connectivity index (χ3n) is 8.77. The molecule has 0 bridgehead atoms. The number of esters is 1. The molecule has 0 fully saturated rings. The molecule has 0 atom stereocenters. The first kappa shape index (κ1) is 40.0. The van der Waals surface area contributed by atoms with Gasteiger partial charge in [0.15, 0.2) is 11.5 Å². The second-order valence-corrected chi connectivity index (χ2v) is 14.1. The zero-order valence-electron chi connectivity index (χ0n) is 31.7. The first-order valence-electron chi connectivity index (χ1n) is 17.3. The smallest absolute Gasteiger partial charge is 0.338 e. The Morgan fingerprint density at radius 3 is 1.46 bits per heavy atom. The lowest BCUT2D eigenvalue weighted by atomic mass is 10.1. The maximum Gasteiger partial charge on any atom is 0.338 e. The molecule has 57 heavy (non-hydrogen) atoms. The molecule has 0 amide bonds. The summed E-state index contributed by atoms with van der Waals surface area (Å²) < 4.78 is 56.2. The molecule has 0 spiro atoms. The van der Waals surface area contributed by atoms with Crippen molar-refractivity contribution in [3.63, 3.8) is 0 Å². The molecule has 4 heterocycles. The van der Waals surface area contributed by atoms with Crippen LogP contribution in [-0.2, 0) is 4.74 Å². The minimum atomic E-state index is -1.21. The molecular weight excluding hydrogens is 762 g/mol. The number of fused-ring (bicyclic) bond motifs is 2. The predicted octanol–water partition coefficient (Wildman–Crippen LogP) is 10.9. The first-order valence-corrected chi connectivity index (χ1v) is 17.3. The predicted molar refractivity (Wildman–Crippen MR) is 208 cm³/mol. The van der Waals surface area contributed by atoms with Crippen molar-refractivity contribution in [1.82, 2.24) is 20.3 Å². The number of benzene rings is 4. The number of hydrogen-bond donors (Lipinski definition) is 1. The van der Waals surface area contributed by atoms with Crippen LogP contribution in [0, 0.1) is 39.3 Å². The fourth-order valence-electron chi connectivity index (χ4n) is 5.85. The van der Waals surface area contributed by atoms with E-state index in [4.69, 9.17) is 27.7 Å². The van der Waals surface area contributed by atoms with Gasteiger partial charge in [-0.1, -0.05) is 34.6 Å². The van der Waals surface area contributed by atoms with Gasteiger partial charge in [-0.05, 0) is 119 Å². The summed E-state index contributed by atoms with van der Waals surface area (Å²) in [6, 6.07) is 19.1. The number of ether oxygens (including phenoxy) is 1. The summed E-state index contributed by atoms with van der Waals surface area (Å²) >= 11 is 0. The summed E-state index contributed by atoms with van der Waals surface area (Å²) in [5.41, 5.74) is 4.98. The van der Waals surface area contributed by atoms with Crippen molar-refractivity contribution in [2.45, 2.75) is 54.1 Å². The van der Waals surface area contributed by atoms with E-state index >= 15 is 0 Å². The van der Waals surface area contributed by atoms with Crippen molar-refractivity contribution in [2.24, 2.45) is 0 Å². The summed E-state index contributed by atoms with van der Waals surface area (Å²) in [7, 11) is 0. The highest BCUT2D eigenvalue weighted by Gasteiger charge is 2.23. The van der Waals surface area contributed by atoms with Gasteiger partial charge < -0.3 is 27.7 Å². The van der Waals surface area contributed by atoms with Gasteiger partial charge in [-0.2, -0.15) is 9.97 Å². The number of carbonyl (C=O) groups is 2. The highest BCUT2D eigenvalue weighted by atomic mass is 35.5. The van der Waals surface area contributed by atoms with Gasteiger partial charge in [-0.25, -0.2) is 18.4 Å². The van der Waals surface area contributed by atoms with Crippen LogP contribution >= 0.6 is 12.4 Å². The Morgan fingerprint density at radius 1 is 0.632 bits per heavy atom. The fraction of sp³-hybridized carbons (Fsp3) is 0.190. The van der Waals surface area contributed by atoms with Crippen LogP contribution in [0.1, 0.15) is 63.7 Å². The molecular formula is C42H35ClF2N4O8. The largest absolute Gasteiger partial charge is 0.478 e. The number of carbonyl (C=O) groups excluding carboxylic acids is 1. The molecule has 1 N–H and O–H groups in total. The maximum atomic E-state index is 14.7. The Hall–Kier alpha value is -6.67. The van der Waals surface area contributed by atoms with Crippen molar-refractivity contribution in [3.8, 4) is 46.1 Å². The zero-order chi connectivity index (χ0) is 40.1. The van der Waals surface area contributed by atoms with Crippen LogP contribution in [0.15, 0.2) is 90.7 Å². The lowest BCUT2D eigenvalue weighted by molar-refractivity contribution is 0.00687. The highest BCUT2D eigenvalue weighted by Crippen LogP contribution is 2.34. The van der Waals surface area contributed by atoms with Gasteiger partial charge in [0.2, 0.25) is 11.6 Å². The molecule has 0 aliphatic heterocycles. The molecule has 8 rings (SSSR count). The van der Waals surface area contributed by atoms with E-state index in [1.54, 1.807) is 20.8 Å². The number of nitrogens with zero attached hydrogens (tertiary/aromatic N) is 4. The first-order chi connectivity index (χ1) is 26.6. The highest BCUT2D eigenvalue weighted by molar-refractivity contribution is 5.91. The molecule has 4 aromatic heterocycles. The topological polar surface area (TPSA) is 168 Å². The minimum Gasteiger partial charge on any atom is -0.478 e. The molecule has 0 unspecified atom stereocenters. The molecule has 12 nitrogen and oxygen atoms in total. The molecule has 8 aromatic rings. The van der Waals surface area contributed by atoms with E-state index in [9.17, 15) is 18.4 Å². The van der Waals surface area contributed by atoms with Crippen molar-refractivity contribution >= 4 is 46.3 Å². The molecule has 4 aromatic carbocycles. The number of aromatic nitrogens is 4. The maximum absolute atomic E-state index is 14.7. The van der Waals surface area contributed by atoms with Gasteiger partial charge in [-0.15, -0.1) is 12.4 Å². The number of aromatic carboxylic acids is 1. The Labute approximate surface area is 329 Å². The number of rotatable bonds is 6. The summed E-state index contributed by atoms with van der Waals surface area (Å²) in [5, 5.41) is 18.6. The summed E-state index contributed by atoms with van der Waals surface area (Å²) in [5.74, 6) is -2.04. The third kappa shape index (κ3) is 8.17. The van der Waals surface area contributed by atoms with Crippen LogP contribution in [0.5, 0.6) is 0 Å². The Bertz CT molecular complexity index is 2730. The summed E-state index contributed by atoms with van der Waals surface area (Å²) in [4.78, 5) is 31.5. The number of halogens is 3. The quantitative estimate of drug-likeness (QED) is 0.158. The summed E-state index contributed by atoms with van der Waals surface area (Å²) in [6.45, 7) is 13.1. The van der Waals surface area contributed by atoms with Gasteiger partial charge in [0, 0.05) is 10.8 Å². The Morgan fingerprint density at radius 2 is 1.05 bits per heavy atom. The van der Waals surface area contributed by atoms with Gasteiger partial charge in [0.1, 0.15) is 28.4 Å². The van der Waals surface area contributed by atoms with Crippen molar-refractivity contribution < 1.29 is 46.1 Å². The van der Waals surface area contributed by atoms with E-state index in [1.165, 1.54) is 24.3 Å². The molecule has 0 saturated heterocycles. The second-order valence-electron chi connectivity index (χ2n) is 14.1. The van der Waals surface area contributed by atoms with E-state index in [2.05, 4.69) is 20.3 Å². The average Bonchev–Trinajstić information content (AvgIpc) is 3.97. The zero-order valence-corrected chi connectivity index (χ0v) is 32.5. The number of aryl methyl sites for hydroxylation is 4. The fourth-order valence-corrected chi connectivity index (χ4v) is 5.85. The Kier molecular flexibility index (Phi) is 10.9. The van der Waals surface area contributed by atoms with Crippen LogP contribution in [0.3, 0.4) is 0 Å². The number of carboxylic acid groups (broad SMARTS) is 1. The van der Waals surface area contributed by atoms with Crippen LogP contribution in [0.2, 0.25) is 0 Å². The minimum absolute atomic E-state index is 0. The van der Waals surface area contributed by atoms with Crippen molar-refractivity contribution in [2.75, 3.05) is 0 Å². The lowest BCUT2D eigenvalue weighted by Gasteiger charge is -2.19. The van der Waals surface area contributed by atoms with Gasteiger partial charge >= 0.3 is 11.9 Å². The van der Waals surface area contributed by atoms with E-state index in [1.807, 2.05) is 64.1 Å². The molecule has 0 saturated carbocycles. The number of hydrogen-bond acceptors (Lipinski definition) is 11. The van der Waals surface area contributed by atoms with Crippen LogP contribution in [-0.4, -0.2) is 42.9 Å². The van der Waals surface area contributed by atoms with Crippen molar-refractivity contribution in [1.29, 1.82) is 0 Å². The number of furan rings is 2. The second kappa shape index (κ2) is 15.5. The van der Waals surface area contributed by atoms with Crippen LogP contribution < -0.4 is 0 Å². The Balaban J connectivity index is 0.000000191. The van der Waals surface area contributed by atoms with E-state index in [-0.39, 0.29) is 58.1 Å². The molecule has 0 aliphatic carbocycles. The molecule has 0 radical (unpaired) electrons. The molecule has 0 aliphatic rings. The van der Waals surface area contributed by atoms with E-state index in [0.717, 1.165) is 56.3 Å². The van der Waals surface area contributed by atoms with Gasteiger partial charge in [0.25, 0.3) is 11.8 Å². The monoisotopic (exact) mass is 796 g/mol.